The minimum atomic E-state index is -0.0462. The van der Waals surface area contributed by atoms with Crippen molar-refractivity contribution in [3.05, 3.63) is 59.0 Å². The van der Waals surface area contributed by atoms with E-state index in [1.54, 1.807) is 19.6 Å². The smallest absolute Gasteiger partial charge is 0.224 e. The monoisotopic (exact) mass is 352 g/mol. The molecule has 0 saturated heterocycles. The Labute approximate surface area is 153 Å². The summed E-state index contributed by atoms with van der Waals surface area (Å²) >= 11 is 0. The molecule has 1 amide bonds. The predicted molar refractivity (Wildman–Crippen MR) is 101 cm³/mol. The lowest BCUT2D eigenvalue weighted by atomic mass is 9.95. The maximum atomic E-state index is 12.4. The summed E-state index contributed by atoms with van der Waals surface area (Å²) in [6.45, 7) is 6.86. The largest absolute Gasteiger partial charge is 0.481 e. The summed E-state index contributed by atoms with van der Waals surface area (Å²) in [5.41, 5.74) is 5.18. The van der Waals surface area contributed by atoms with Crippen molar-refractivity contribution in [1.29, 1.82) is 0 Å². The lowest BCUT2D eigenvalue weighted by molar-refractivity contribution is -0.120. The highest BCUT2D eigenvalue weighted by Gasteiger charge is 2.14. The molecule has 3 rings (SSSR count). The number of fused-ring (bicyclic) bond motifs is 1. The number of pyridine rings is 1. The van der Waals surface area contributed by atoms with Gasteiger partial charge in [0.15, 0.2) is 0 Å². The van der Waals surface area contributed by atoms with Gasteiger partial charge in [0.05, 0.1) is 19.8 Å². The molecule has 0 saturated carbocycles. The van der Waals surface area contributed by atoms with E-state index in [1.165, 1.54) is 11.1 Å². The van der Waals surface area contributed by atoms with Crippen LogP contribution in [0.5, 0.6) is 5.88 Å². The molecule has 136 valence electrons. The van der Waals surface area contributed by atoms with E-state index in [4.69, 9.17) is 9.15 Å². The van der Waals surface area contributed by atoms with Gasteiger partial charge < -0.3 is 14.5 Å². The van der Waals surface area contributed by atoms with E-state index in [0.717, 1.165) is 22.1 Å². The number of benzene rings is 1. The molecule has 0 bridgehead atoms. The number of aromatic nitrogens is 1. The molecule has 0 radical (unpaired) electrons. The van der Waals surface area contributed by atoms with Crippen molar-refractivity contribution in [3.63, 3.8) is 0 Å². The molecule has 0 spiro atoms. The molecule has 2 aromatic heterocycles. The molecule has 0 fully saturated rings. The minimum Gasteiger partial charge on any atom is -0.481 e. The molecule has 1 N–H and O–H groups in total. The molecule has 0 aliphatic carbocycles. The molecule has 5 nitrogen and oxygen atoms in total. The minimum absolute atomic E-state index is 0.0462. The van der Waals surface area contributed by atoms with E-state index < -0.39 is 0 Å². The molecule has 0 atom stereocenters. The highest BCUT2D eigenvalue weighted by molar-refractivity contribution is 5.88. The molecule has 0 aliphatic rings. The molecular weight excluding hydrogens is 328 g/mol. The lowest BCUT2D eigenvalue weighted by Crippen LogP contribution is -2.24. The highest BCUT2D eigenvalue weighted by atomic mass is 16.5. The molecule has 0 unspecified atom stereocenters. The van der Waals surface area contributed by atoms with Gasteiger partial charge in [0.2, 0.25) is 11.8 Å². The van der Waals surface area contributed by atoms with E-state index >= 15 is 0 Å². The average Bonchev–Trinajstić information content (AvgIpc) is 3.00. The van der Waals surface area contributed by atoms with Crippen LogP contribution in [0.15, 0.2) is 41.1 Å². The summed E-state index contributed by atoms with van der Waals surface area (Å²) in [7, 11) is 1.57. The Hall–Kier alpha value is -2.82. The van der Waals surface area contributed by atoms with Crippen molar-refractivity contribution in [2.75, 3.05) is 7.11 Å². The molecule has 3 aromatic rings. The fourth-order valence-electron chi connectivity index (χ4n) is 3.11. The van der Waals surface area contributed by atoms with Gasteiger partial charge in [-0.15, -0.1) is 0 Å². The van der Waals surface area contributed by atoms with Crippen LogP contribution in [-0.4, -0.2) is 18.0 Å². The highest BCUT2D eigenvalue weighted by Crippen LogP contribution is 2.29. The van der Waals surface area contributed by atoms with E-state index in [9.17, 15) is 4.79 Å². The number of furan rings is 1. The third kappa shape index (κ3) is 3.87. The van der Waals surface area contributed by atoms with Gasteiger partial charge in [-0.2, -0.15) is 0 Å². The van der Waals surface area contributed by atoms with Crippen LogP contribution < -0.4 is 10.1 Å². The number of methoxy groups -OCH3 is 1. The summed E-state index contributed by atoms with van der Waals surface area (Å²) in [5, 5.41) is 3.95. The van der Waals surface area contributed by atoms with Gasteiger partial charge in [-0.1, -0.05) is 13.8 Å². The number of rotatable bonds is 6. The van der Waals surface area contributed by atoms with Crippen LogP contribution in [0.25, 0.3) is 11.0 Å². The zero-order valence-corrected chi connectivity index (χ0v) is 15.6. The first-order chi connectivity index (χ1) is 12.5. The van der Waals surface area contributed by atoms with Crippen LogP contribution in [0.3, 0.4) is 0 Å². The van der Waals surface area contributed by atoms with Gasteiger partial charge in [0, 0.05) is 29.8 Å². The van der Waals surface area contributed by atoms with E-state index in [0.29, 0.717) is 18.3 Å². The van der Waals surface area contributed by atoms with Gasteiger partial charge in [-0.3, -0.25) is 4.79 Å². The topological polar surface area (TPSA) is 64.4 Å². The molecule has 1 aromatic carbocycles. The zero-order chi connectivity index (χ0) is 18.7. The Morgan fingerprint density at radius 2 is 2.12 bits per heavy atom. The summed E-state index contributed by atoms with van der Waals surface area (Å²) in [6.07, 6.45) is 3.64. The molecule has 0 aliphatic heterocycles. The van der Waals surface area contributed by atoms with Gasteiger partial charge >= 0.3 is 0 Å². The standard InChI is InChI=1S/C21H24N2O3/c1-13(2)17-10-18-16(12-26-19(18)7-14(17)3)9-20(24)23-11-15-5-6-22-21(8-15)25-4/h5-8,10,12-13H,9,11H2,1-4H3,(H,23,24). The van der Waals surface area contributed by atoms with Gasteiger partial charge in [-0.05, 0) is 47.7 Å². The number of carbonyl (C=O) groups is 1. The number of hydrogen-bond donors (Lipinski definition) is 1. The third-order valence-electron chi connectivity index (χ3n) is 4.51. The Morgan fingerprint density at radius 1 is 1.31 bits per heavy atom. The number of carbonyl (C=O) groups excluding carboxylic acids is 1. The van der Waals surface area contributed by atoms with Crippen LogP contribution in [0.4, 0.5) is 0 Å². The first-order valence-electron chi connectivity index (χ1n) is 8.74. The number of nitrogens with one attached hydrogen (secondary N) is 1. The predicted octanol–water partition coefficient (Wildman–Crippen LogP) is 4.13. The van der Waals surface area contributed by atoms with Crippen LogP contribution in [0.1, 0.15) is 42.0 Å². The molecule has 26 heavy (non-hydrogen) atoms. The lowest BCUT2D eigenvalue weighted by Gasteiger charge is -2.10. The van der Waals surface area contributed by atoms with Crippen LogP contribution in [0.2, 0.25) is 0 Å². The SMILES string of the molecule is COc1cc(CNC(=O)Cc2coc3cc(C)c(C(C)C)cc23)ccn1. The van der Waals surface area contributed by atoms with Crippen molar-refractivity contribution < 1.29 is 13.9 Å². The molecular formula is C21H24N2O3. The van der Waals surface area contributed by atoms with E-state index in [2.05, 4.69) is 43.2 Å². The fourth-order valence-corrected chi connectivity index (χ4v) is 3.11. The Morgan fingerprint density at radius 3 is 2.85 bits per heavy atom. The van der Waals surface area contributed by atoms with E-state index in [-0.39, 0.29) is 12.3 Å². The van der Waals surface area contributed by atoms with E-state index in [1.807, 2.05) is 12.1 Å². The number of hydrogen-bond acceptors (Lipinski definition) is 4. The second kappa shape index (κ2) is 7.60. The Balaban J connectivity index is 1.71. The quantitative estimate of drug-likeness (QED) is 0.724. The van der Waals surface area contributed by atoms with Crippen LogP contribution >= 0.6 is 0 Å². The third-order valence-corrected chi connectivity index (χ3v) is 4.51. The number of nitrogens with zero attached hydrogens (tertiary/aromatic N) is 1. The van der Waals surface area contributed by atoms with Gasteiger partial charge in [-0.25, -0.2) is 4.98 Å². The second-order valence-corrected chi connectivity index (χ2v) is 6.78. The summed E-state index contributed by atoms with van der Waals surface area (Å²) in [5.74, 6) is 0.918. The Bertz CT molecular complexity index is 928. The first kappa shape index (κ1) is 18.0. The van der Waals surface area contributed by atoms with Crippen LogP contribution in [-0.2, 0) is 17.8 Å². The fraction of sp³-hybridized carbons (Fsp3) is 0.333. The van der Waals surface area contributed by atoms with Crippen molar-refractivity contribution >= 4 is 16.9 Å². The number of ether oxygens (including phenoxy) is 1. The maximum Gasteiger partial charge on any atom is 0.224 e. The van der Waals surface area contributed by atoms with Crippen molar-refractivity contribution in [3.8, 4) is 5.88 Å². The normalized spacial score (nSPS) is 11.1. The molecule has 2 heterocycles. The first-order valence-corrected chi connectivity index (χ1v) is 8.74. The van der Waals surface area contributed by atoms with Crippen molar-refractivity contribution in [2.45, 2.75) is 39.7 Å². The van der Waals surface area contributed by atoms with Crippen molar-refractivity contribution in [2.24, 2.45) is 0 Å². The average molecular weight is 352 g/mol. The number of amides is 1. The second-order valence-electron chi connectivity index (χ2n) is 6.78. The maximum absolute atomic E-state index is 12.4. The van der Waals surface area contributed by atoms with Gasteiger partial charge in [0.25, 0.3) is 0 Å². The van der Waals surface area contributed by atoms with Crippen LogP contribution in [0, 0.1) is 6.92 Å². The molecule has 5 heteroatoms. The summed E-state index contributed by atoms with van der Waals surface area (Å²) in [6, 6.07) is 7.86. The summed E-state index contributed by atoms with van der Waals surface area (Å²) in [4.78, 5) is 16.4. The summed E-state index contributed by atoms with van der Waals surface area (Å²) < 4.78 is 10.8. The Kier molecular flexibility index (Phi) is 5.26. The van der Waals surface area contributed by atoms with Crippen molar-refractivity contribution in [1.82, 2.24) is 10.3 Å². The van der Waals surface area contributed by atoms with Gasteiger partial charge in [0.1, 0.15) is 5.58 Å². The zero-order valence-electron chi connectivity index (χ0n) is 15.6. The number of aryl methyl sites for hydroxylation is 1.